The molecule has 0 spiro atoms. The van der Waals surface area contributed by atoms with Gasteiger partial charge in [-0.1, -0.05) is 44.1 Å². The van der Waals surface area contributed by atoms with Gasteiger partial charge in [-0.3, -0.25) is 4.72 Å². The van der Waals surface area contributed by atoms with E-state index in [1.54, 1.807) is 12.1 Å². The highest BCUT2D eigenvalue weighted by Gasteiger charge is 2.22. The minimum atomic E-state index is -3.70. The Morgan fingerprint density at radius 1 is 1.42 bits per heavy atom. The molecule has 1 heterocycles. The molecule has 0 saturated carbocycles. The summed E-state index contributed by atoms with van der Waals surface area (Å²) in [4.78, 5) is 0. The van der Waals surface area contributed by atoms with E-state index >= 15 is 0 Å². The first-order chi connectivity index (χ1) is 9.03. The van der Waals surface area contributed by atoms with Crippen LogP contribution < -0.4 is 10.5 Å². The number of amidine groups is 1. The van der Waals surface area contributed by atoms with E-state index in [2.05, 4.69) is 22.1 Å². The Morgan fingerprint density at radius 3 is 2.95 bits per heavy atom. The van der Waals surface area contributed by atoms with Crippen molar-refractivity contribution in [2.24, 2.45) is 10.1 Å². The van der Waals surface area contributed by atoms with Gasteiger partial charge in [0, 0.05) is 5.56 Å². The van der Waals surface area contributed by atoms with Crippen molar-refractivity contribution in [3.8, 4) is 0 Å². The quantitative estimate of drug-likeness (QED) is 0.829. The third-order valence-corrected chi connectivity index (χ3v) is 3.75. The van der Waals surface area contributed by atoms with Crippen LogP contribution in [0.4, 0.5) is 5.69 Å². The van der Waals surface area contributed by atoms with Crippen LogP contribution in [-0.2, 0) is 10.2 Å². The largest absolute Gasteiger partial charge is 0.382 e. The second-order valence-corrected chi connectivity index (χ2v) is 5.70. The SMILES string of the molecule is CCCC/C=C/c1cccc2c1C(N)=NS(=O)(=O)N2. The third-order valence-electron chi connectivity index (χ3n) is 2.83. The smallest absolute Gasteiger partial charge is 0.344 e. The molecular weight excluding hydrogens is 262 g/mol. The Kier molecular flexibility index (Phi) is 3.90. The number of nitrogens with zero attached hydrogens (tertiary/aromatic N) is 1. The number of nitrogens with two attached hydrogens (primary N) is 1. The molecule has 0 aromatic heterocycles. The number of hydrogen-bond acceptors (Lipinski definition) is 3. The lowest BCUT2D eigenvalue weighted by molar-refractivity contribution is 0.602. The second kappa shape index (κ2) is 5.44. The molecule has 102 valence electrons. The zero-order chi connectivity index (χ0) is 13.9. The fourth-order valence-electron chi connectivity index (χ4n) is 1.95. The molecule has 5 nitrogen and oxygen atoms in total. The fourth-order valence-corrected chi connectivity index (χ4v) is 2.79. The van der Waals surface area contributed by atoms with Crippen molar-refractivity contribution in [3.05, 3.63) is 35.4 Å². The maximum absolute atomic E-state index is 11.4. The Hall–Kier alpha value is -1.82. The number of benzene rings is 1. The van der Waals surface area contributed by atoms with Crippen LogP contribution in [-0.4, -0.2) is 14.3 Å². The predicted molar refractivity (Wildman–Crippen MR) is 78.3 cm³/mol. The van der Waals surface area contributed by atoms with Gasteiger partial charge in [0.2, 0.25) is 0 Å². The Bertz CT molecular complexity index is 633. The molecule has 0 amide bonds. The minimum absolute atomic E-state index is 0.0319. The van der Waals surface area contributed by atoms with Crippen LogP contribution in [0.5, 0.6) is 0 Å². The normalized spacial score (nSPS) is 16.8. The number of unbranched alkanes of at least 4 members (excludes halogenated alkanes) is 2. The minimum Gasteiger partial charge on any atom is -0.382 e. The van der Waals surface area contributed by atoms with Crippen LogP contribution in [0, 0.1) is 0 Å². The van der Waals surface area contributed by atoms with Gasteiger partial charge < -0.3 is 5.73 Å². The standard InChI is InChI=1S/C13H17N3O2S/c1-2-3-4-5-7-10-8-6-9-11-12(10)13(14)16-19(17,18)15-11/h5-9,15H,2-4H2,1H3,(H2,14,16)/b7-5+. The van der Waals surface area contributed by atoms with E-state index < -0.39 is 10.2 Å². The highest BCUT2D eigenvalue weighted by atomic mass is 32.2. The van der Waals surface area contributed by atoms with Crippen molar-refractivity contribution in [2.75, 3.05) is 4.72 Å². The van der Waals surface area contributed by atoms with E-state index in [-0.39, 0.29) is 5.84 Å². The fraction of sp³-hybridized carbons (Fsp3) is 0.308. The molecule has 0 fully saturated rings. The number of nitrogens with one attached hydrogen (secondary N) is 1. The van der Waals surface area contributed by atoms with E-state index in [4.69, 9.17) is 5.73 Å². The molecule has 0 aliphatic carbocycles. The lowest BCUT2D eigenvalue weighted by atomic mass is 10.0. The Balaban J connectivity index is 2.37. The number of allylic oxidation sites excluding steroid dienone is 1. The molecule has 0 atom stereocenters. The molecule has 6 heteroatoms. The first kappa shape index (κ1) is 13.6. The van der Waals surface area contributed by atoms with Crippen molar-refractivity contribution in [2.45, 2.75) is 26.2 Å². The summed E-state index contributed by atoms with van der Waals surface area (Å²) in [6, 6.07) is 5.36. The summed E-state index contributed by atoms with van der Waals surface area (Å²) >= 11 is 0. The van der Waals surface area contributed by atoms with Crippen LogP contribution in [0.3, 0.4) is 0 Å². The van der Waals surface area contributed by atoms with Crippen LogP contribution in [0.2, 0.25) is 0 Å². The Labute approximate surface area is 113 Å². The van der Waals surface area contributed by atoms with Crippen LogP contribution >= 0.6 is 0 Å². The first-order valence-electron chi connectivity index (χ1n) is 6.21. The number of anilines is 1. The lowest BCUT2D eigenvalue weighted by Crippen LogP contribution is -2.27. The third kappa shape index (κ3) is 3.14. The molecule has 0 saturated heterocycles. The summed E-state index contributed by atoms with van der Waals surface area (Å²) in [5.74, 6) is 0.0319. The summed E-state index contributed by atoms with van der Waals surface area (Å²) in [5, 5.41) is 0. The molecule has 0 radical (unpaired) electrons. The van der Waals surface area contributed by atoms with E-state index in [9.17, 15) is 8.42 Å². The highest BCUT2D eigenvalue weighted by Crippen LogP contribution is 2.26. The number of fused-ring (bicyclic) bond motifs is 1. The average molecular weight is 279 g/mol. The van der Waals surface area contributed by atoms with Crippen molar-refractivity contribution in [3.63, 3.8) is 0 Å². The van der Waals surface area contributed by atoms with Gasteiger partial charge in [0.15, 0.2) is 0 Å². The molecule has 0 bridgehead atoms. The van der Waals surface area contributed by atoms with Crippen molar-refractivity contribution in [1.29, 1.82) is 0 Å². The zero-order valence-electron chi connectivity index (χ0n) is 10.8. The molecule has 1 aromatic rings. The van der Waals surface area contributed by atoms with E-state index in [1.807, 2.05) is 12.1 Å². The average Bonchev–Trinajstić information content (AvgIpc) is 2.32. The summed E-state index contributed by atoms with van der Waals surface area (Å²) < 4.78 is 28.7. The monoisotopic (exact) mass is 279 g/mol. The van der Waals surface area contributed by atoms with E-state index in [0.717, 1.165) is 24.8 Å². The van der Waals surface area contributed by atoms with Crippen molar-refractivity contribution < 1.29 is 8.42 Å². The van der Waals surface area contributed by atoms with Crippen LogP contribution in [0.25, 0.3) is 6.08 Å². The zero-order valence-corrected chi connectivity index (χ0v) is 11.6. The van der Waals surface area contributed by atoms with Crippen LogP contribution in [0.15, 0.2) is 28.7 Å². The molecule has 1 aromatic carbocycles. The lowest BCUT2D eigenvalue weighted by Gasteiger charge is -2.17. The van der Waals surface area contributed by atoms with Crippen LogP contribution in [0.1, 0.15) is 37.3 Å². The number of rotatable bonds is 4. The van der Waals surface area contributed by atoms with Gasteiger partial charge in [0.25, 0.3) is 0 Å². The predicted octanol–water partition coefficient (Wildman–Crippen LogP) is 2.27. The summed E-state index contributed by atoms with van der Waals surface area (Å²) in [7, 11) is -3.70. The summed E-state index contributed by atoms with van der Waals surface area (Å²) in [5.41, 5.74) is 7.74. The number of hydrogen-bond donors (Lipinski definition) is 2. The van der Waals surface area contributed by atoms with E-state index in [0.29, 0.717) is 11.3 Å². The molecule has 2 rings (SSSR count). The van der Waals surface area contributed by atoms with Gasteiger partial charge in [-0.25, -0.2) is 0 Å². The van der Waals surface area contributed by atoms with Gasteiger partial charge >= 0.3 is 10.2 Å². The summed E-state index contributed by atoms with van der Waals surface area (Å²) in [6.45, 7) is 2.14. The molecule has 1 aliphatic rings. The topological polar surface area (TPSA) is 84.5 Å². The first-order valence-corrected chi connectivity index (χ1v) is 7.65. The Morgan fingerprint density at radius 2 is 2.21 bits per heavy atom. The highest BCUT2D eigenvalue weighted by molar-refractivity contribution is 7.91. The van der Waals surface area contributed by atoms with Crippen molar-refractivity contribution >= 4 is 27.8 Å². The van der Waals surface area contributed by atoms with Crippen molar-refractivity contribution in [1.82, 2.24) is 0 Å². The summed E-state index contributed by atoms with van der Waals surface area (Å²) in [6.07, 6.45) is 7.28. The maximum Gasteiger partial charge on any atom is 0.344 e. The van der Waals surface area contributed by atoms with Gasteiger partial charge in [-0.2, -0.15) is 8.42 Å². The molecule has 1 aliphatic heterocycles. The second-order valence-electron chi connectivity index (χ2n) is 4.37. The molecule has 19 heavy (non-hydrogen) atoms. The molecule has 3 N–H and O–H groups in total. The molecular formula is C13H17N3O2S. The van der Waals surface area contributed by atoms with Gasteiger partial charge in [0.05, 0.1) is 5.69 Å². The maximum atomic E-state index is 11.4. The van der Waals surface area contributed by atoms with Gasteiger partial charge in [0.1, 0.15) is 5.84 Å². The van der Waals surface area contributed by atoms with Gasteiger partial charge in [-0.05, 0) is 18.1 Å². The molecule has 0 unspecified atom stereocenters. The van der Waals surface area contributed by atoms with Gasteiger partial charge in [-0.15, -0.1) is 4.40 Å². The van der Waals surface area contributed by atoms with E-state index in [1.165, 1.54) is 0 Å².